The first kappa shape index (κ1) is 18.1. The number of fused-ring (bicyclic) bond motifs is 1. The Hall–Kier alpha value is -3.28. The number of benzene rings is 2. The van der Waals surface area contributed by atoms with Crippen LogP contribution in [-0.2, 0) is 0 Å². The summed E-state index contributed by atoms with van der Waals surface area (Å²) >= 11 is 0. The van der Waals surface area contributed by atoms with Crippen LogP contribution in [0.25, 0.3) is 11.0 Å². The van der Waals surface area contributed by atoms with Crippen LogP contribution in [0.1, 0.15) is 31.2 Å². The van der Waals surface area contributed by atoms with E-state index in [1.54, 1.807) is 12.1 Å². The molecule has 0 atom stereocenters. The molecule has 28 heavy (non-hydrogen) atoms. The molecule has 0 aliphatic heterocycles. The summed E-state index contributed by atoms with van der Waals surface area (Å²) in [5, 5.41) is 9.71. The summed E-state index contributed by atoms with van der Waals surface area (Å²) in [6.07, 6.45) is 4.41. The average Bonchev–Trinajstić information content (AvgIpc) is 3.17. The van der Waals surface area contributed by atoms with E-state index in [1.165, 1.54) is 0 Å². The van der Waals surface area contributed by atoms with Crippen molar-refractivity contribution in [2.45, 2.75) is 38.6 Å². The van der Waals surface area contributed by atoms with Crippen LogP contribution in [0.4, 0.5) is 21.9 Å². The second-order valence-corrected chi connectivity index (χ2v) is 7.21. The predicted octanol–water partition coefficient (Wildman–Crippen LogP) is 5.10. The fourth-order valence-corrected chi connectivity index (χ4v) is 3.69. The molecule has 3 N–H and O–H groups in total. The quantitative estimate of drug-likeness (QED) is 0.552. The summed E-state index contributed by atoms with van der Waals surface area (Å²) < 4.78 is 5.43. The maximum Gasteiger partial charge on any atom is 0.362 e. The number of anilines is 3. The van der Waals surface area contributed by atoms with Crippen LogP contribution in [0.2, 0.25) is 0 Å². The van der Waals surface area contributed by atoms with E-state index in [4.69, 9.17) is 4.42 Å². The highest BCUT2D eigenvalue weighted by atomic mass is 16.4. The van der Waals surface area contributed by atoms with Crippen molar-refractivity contribution in [2.24, 2.45) is 0 Å². The minimum Gasteiger partial charge on any atom is -0.421 e. The number of carbonyl (C=O) groups excluding carboxylic acids is 1. The molecule has 2 aromatic carbocycles. The van der Waals surface area contributed by atoms with Gasteiger partial charge in [-0.2, -0.15) is 0 Å². The zero-order chi connectivity index (χ0) is 19.5. The fourth-order valence-electron chi connectivity index (χ4n) is 3.69. The van der Waals surface area contributed by atoms with Crippen LogP contribution in [0.3, 0.4) is 0 Å². The van der Waals surface area contributed by atoms with Crippen molar-refractivity contribution >= 4 is 34.1 Å². The lowest BCUT2D eigenvalue weighted by molar-refractivity contribution is 0.262. The molecule has 144 valence electrons. The monoisotopic (exact) mass is 377 g/mol. The van der Waals surface area contributed by atoms with Crippen LogP contribution in [-0.4, -0.2) is 12.1 Å². The third kappa shape index (κ3) is 3.86. The van der Waals surface area contributed by atoms with Crippen LogP contribution in [0.5, 0.6) is 0 Å². The van der Waals surface area contributed by atoms with Crippen molar-refractivity contribution in [2.75, 3.05) is 16.0 Å². The second-order valence-electron chi connectivity index (χ2n) is 7.21. The van der Waals surface area contributed by atoms with Crippen LogP contribution < -0.4 is 21.6 Å². The molecule has 0 unspecified atom stereocenters. The summed E-state index contributed by atoms with van der Waals surface area (Å²) in [5.74, 6) is 0. The van der Waals surface area contributed by atoms with E-state index in [9.17, 15) is 9.59 Å². The summed E-state index contributed by atoms with van der Waals surface area (Å²) in [6.45, 7) is 1.95. The Morgan fingerprint density at radius 2 is 1.79 bits per heavy atom. The minimum absolute atomic E-state index is 0.135. The largest absolute Gasteiger partial charge is 0.421 e. The molecule has 0 spiro atoms. The van der Waals surface area contributed by atoms with Gasteiger partial charge in [0.05, 0.1) is 5.69 Å². The molecule has 0 bridgehead atoms. The van der Waals surface area contributed by atoms with E-state index >= 15 is 0 Å². The zero-order valence-electron chi connectivity index (χ0n) is 15.7. The normalized spacial score (nSPS) is 14.2. The summed E-state index contributed by atoms with van der Waals surface area (Å²) in [7, 11) is 0. The third-order valence-corrected chi connectivity index (χ3v) is 5.03. The van der Waals surface area contributed by atoms with Gasteiger partial charge < -0.3 is 15.1 Å². The maximum atomic E-state index is 12.6. The molecular formula is C22H23N3O3. The Morgan fingerprint density at radius 1 is 1.00 bits per heavy atom. The number of nitrogens with one attached hydrogen (secondary N) is 3. The van der Waals surface area contributed by atoms with Gasteiger partial charge in [-0.15, -0.1) is 0 Å². The lowest BCUT2D eigenvalue weighted by Crippen LogP contribution is -2.26. The first-order valence-corrected chi connectivity index (χ1v) is 9.57. The SMILES string of the molecule is Cc1cccc(NC(=O)Nc2c(NC3CCCC3)c3ccccc3oc2=O)c1. The van der Waals surface area contributed by atoms with E-state index in [0.717, 1.165) is 36.6 Å². The number of urea groups is 1. The van der Waals surface area contributed by atoms with Gasteiger partial charge in [-0.05, 0) is 49.6 Å². The number of hydrogen-bond donors (Lipinski definition) is 3. The van der Waals surface area contributed by atoms with Crippen molar-refractivity contribution in [3.05, 3.63) is 64.5 Å². The highest BCUT2D eigenvalue weighted by Crippen LogP contribution is 2.32. The molecular weight excluding hydrogens is 354 g/mol. The maximum absolute atomic E-state index is 12.6. The van der Waals surface area contributed by atoms with Gasteiger partial charge in [-0.1, -0.05) is 37.1 Å². The number of carbonyl (C=O) groups is 1. The van der Waals surface area contributed by atoms with Crippen molar-refractivity contribution in [3.63, 3.8) is 0 Å². The highest BCUT2D eigenvalue weighted by molar-refractivity contribution is 6.05. The van der Waals surface area contributed by atoms with Gasteiger partial charge in [0.2, 0.25) is 0 Å². The molecule has 6 nitrogen and oxygen atoms in total. The molecule has 4 rings (SSSR count). The highest BCUT2D eigenvalue weighted by Gasteiger charge is 2.21. The summed E-state index contributed by atoms with van der Waals surface area (Å²) in [5.41, 5.74) is 2.38. The Labute approximate surface area is 162 Å². The molecule has 1 aliphatic carbocycles. The van der Waals surface area contributed by atoms with Gasteiger partial charge in [0.15, 0.2) is 5.69 Å². The van der Waals surface area contributed by atoms with E-state index in [1.807, 2.05) is 43.3 Å². The van der Waals surface area contributed by atoms with Gasteiger partial charge in [0.1, 0.15) is 5.58 Å². The molecule has 3 aromatic rings. The molecule has 1 heterocycles. The number of amides is 2. The van der Waals surface area contributed by atoms with Gasteiger partial charge in [-0.25, -0.2) is 9.59 Å². The number of hydrogen-bond acceptors (Lipinski definition) is 4. The number of aryl methyl sites for hydroxylation is 1. The van der Waals surface area contributed by atoms with Crippen molar-refractivity contribution in [1.82, 2.24) is 0 Å². The van der Waals surface area contributed by atoms with Crippen LogP contribution in [0.15, 0.2) is 57.7 Å². The van der Waals surface area contributed by atoms with Crippen LogP contribution >= 0.6 is 0 Å². The van der Waals surface area contributed by atoms with Crippen molar-refractivity contribution < 1.29 is 9.21 Å². The van der Waals surface area contributed by atoms with Crippen molar-refractivity contribution in [1.29, 1.82) is 0 Å². The minimum atomic E-state index is -0.571. The van der Waals surface area contributed by atoms with E-state index in [-0.39, 0.29) is 11.7 Å². The van der Waals surface area contributed by atoms with Gasteiger partial charge >= 0.3 is 11.7 Å². The molecule has 2 amide bonds. The summed E-state index contributed by atoms with van der Waals surface area (Å²) in [6, 6.07) is 14.6. The summed E-state index contributed by atoms with van der Waals surface area (Å²) in [4.78, 5) is 25.2. The average molecular weight is 377 g/mol. The molecule has 0 saturated heterocycles. The third-order valence-electron chi connectivity index (χ3n) is 5.03. The standard InChI is InChI=1S/C22H23N3O3/c1-14-7-6-10-16(13-14)24-22(27)25-20-19(23-15-8-2-3-9-15)17-11-4-5-12-18(17)28-21(20)26/h4-7,10-13,15,23H,2-3,8-9H2,1H3,(H2,24,25,27). The predicted molar refractivity (Wildman–Crippen MR) is 112 cm³/mol. The Bertz CT molecular complexity index is 1070. The molecule has 1 aliphatic rings. The molecule has 0 radical (unpaired) electrons. The van der Waals surface area contributed by atoms with E-state index in [0.29, 0.717) is 17.0 Å². The van der Waals surface area contributed by atoms with E-state index < -0.39 is 11.7 Å². The zero-order valence-corrected chi connectivity index (χ0v) is 15.7. The Morgan fingerprint density at radius 3 is 2.57 bits per heavy atom. The topological polar surface area (TPSA) is 83.4 Å². The first-order valence-electron chi connectivity index (χ1n) is 9.57. The molecule has 6 heteroatoms. The number of rotatable bonds is 4. The number of para-hydroxylation sites is 1. The fraction of sp³-hybridized carbons (Fsp3) is 0.273. The Balaban J connectivity index is 1.67. The lowest BCUT2D eigenvalue weighted by Gasteiger charge is -2.18. The second kappa shape index (κ2) is 7.76. The molecule has 1 aromatic heterocycles. The van der Waals surface area contributed by atoms with Crippen molar-refractivity contribution in [3.8, 4) is 0 Å². The van der Waals surface area contributed by atoms with E-state index in [2.05, 4.69) is 16.0 Å². The first-order chi connectivity index (χ1) is 13.6. The van der Waals surface area contributed by atoms with Gasteiger partial charge in [0, 0.05) is 17.1 Å². The van der Waals surface area contributed by atoms with Crippen LogP contribution in [0, 0.1) is 6.92 Å². The Kier molecular flexibility index (Phi) is 5.02. The van der Waals surface area contributed by atoms with Gasteiger partial charge in [0.25, 0.3) is 0 Å². The molecule has 1 fully saturated rings. The lowest BCUT2D eigenvalue weighted by atomic mass is 10.1. The molecule has 1 saturated carbocycles. The van der Waals surface area contributed by atoms with Gasteiger partial charge in [-0.3, -0.25) is 5.32 Å². The smallest absolute Gasteiger partial charge is 0.362 e.